The number of nitrogens with zero attached hydrogens (tertiary/aromatic N) is 4. The molecule has 0 fully saturated rings. The lowest BCUT2D eigenvalue weighted by Crippen LogP contribution is -2.03. The van der Waals surface area contributed by atoms with Gasteiger partial charge in [0.25, 0.3) is 0 Å². The van der Waals surface area contributed by atoms with Crippen LogP contribution in [0.4, 0.5) is 0 Å². The molecule has 0 aliphatic rings. The Kier molecular flexibility index (Phi) is 2.68. The minimum atomic E-state index is -0.0725. The van der Waals surface area contributed by atoms with Gasteiger partial charge in [-0.3, -0.25) is 4.79 Å². The molecule has 2 heterocycles. The van der Waals surface area contributed by atoms with E-state index in [4.69, 9.17) is 0 Å². The maximum absolute atomic E-state index is 11.8. The summed E-state index contributed by atoms with van der Waals surface area (Å²) < 4.78 is 1.44. The molecule has 0 aliphatic carbocycles. The topological polar surface area (TPSA) is 50.5 Å². The van der Waals surface area contributed by atoms with Gasteiger partial charge in [-0.1, -0.05) is 0 Å². The predicted octanol–water partition coefficient (Wildman–Crippen LogP) is 0.987. The second kappa shape index (κ2) is 4.14. The van der Waals surface area contributed by atoms with Gasteiger partial charge in [0.2, 0.25) is 0 Å². The van der Waals surface area contributed by atoms with Crippen LogP contribution in [0.15, 0.2) is 36.8 Å². The summed E-state index contributed by atoms with van der Waals surface area (Å²) in [6.07, 6.45) is 6.39. The van der Waals surface area contributed by atoms with Crippen LogP contribution >= 0.6 is 0 Å². The number of ketones is 1. The van der Waals surface area contributed by atoms with Gasteiger partial charge in [0.15, 0.2) is 5.78 Å². The monoisotopic (exact) mass is 216 g/mol. The van der Waals surface area contributed by atoms with E-state index in [0.29, 0.717) is 5.56 Å². The van der Waals surface area contributed by atoms with Gasteiger partial charge in [0.1, 0.15) is 0 Å². The molecule has 0 radical (unpaired) electrons. The van der Waals surface area contributed by atoms with Crippen molar-refractivity contribution in [1.29, 1.82) is 0 Å². The fraction of sp³-hybridized carbons (Fsp3) is 0.182. The Balaban J connectivity index is 2.37. The van der Waals surface area contributed by atoms with Crippen LogP contribution in [0.1, 0.15) is 10.4 Å². The number of carbonyl (C=O) groups excluding carboxylic acids is 1. The molecular formula is C11H12N4O. The average Bonchev–Trinajstić information content (AvgIpc) is 2.69. The van der Waals surface area contributed by atoms with E-state index in [1.54, 1.807) is 18.5 Å². The highest BCUT2D eigenvalue weighted by molar-refractivity contribution is 6.09. The summed E-state index contributed by atoms with van der Waals surface area (Å²) in [6.45, 7) is 0. The van der Waals surface area contributed by atoms with Gasteiger partial charge in [0, 0.05) is 32.6 Å². The molecule has 16 heavy (non-hydrogen) atoms. The molecule has 0 spiro atoms. The van der Waals surface area contributed by atoms with Crippen molar-refractivity contribution in [1.82, 2.24) is 19.7 Å². The Morgan fingerprint density at radius 3 is 3.00 bits per heavy atom. The third kappa shape index (κ3) is 1.93. The molecule has 0 amide bonds. The van der Waals surface area contributed by atoms with Crippen molar-refractivity contribution in [2.24, 2.45) is 0 Å². The van der Waals surface area contributed by atoms with Crippen molar-refractivity contribution < 1.29 is 4.79 Å². The van der Waals surface area contributed by atoms with Gasteiger partial charge in [-0.25, -0.2) is 0 Å². The Bertz CT molecular complexity index is 542. The van der Waals surface area contributed by atoms with E-state index in [1.165, 1.54) is 16.9 Å². The van der Waals surface area contributed by atoms with Crippen molar-refractivity contribution in [3.05, 3.63) is 42.4 Å². The molecule has 0 bridgehead atoms. The second-order valence-electron chi connectivity index (χ2n) is 3.60. The first-order chi connectivity index (χ1) is 7.68. The summed E-state index contributed by atoms with van der Waals surface area (Å²) in [5, 5.41) is 8.00. The molecule has 2 rings (SSSR count). The molecule has 0 unspecified atom stereocenters. The van der Waals surface area contributed by atoms with Crippen molar-refractivity contribution in [3.8, 4) is 0 Å². The summed E-state index contributed by atoms with van der Waals surface area (Å²) >= 11 is 0. The molecular weight excluding hydrogens is 204 g/mol. The Hall–Kier alpha value is -2.17. The fourth-order valence-electron chi connectivity index (χ4n) is 1.33. The van der Waals surface area contributed by atoms with Gasteiger partial charge >= 0.3 is 0 Å². The number of allylic oxidation sites excluding steroid dienone is 1. The minimum Gasteiger partial charge on any atom is -0.383 e. The first-order valence-corrected chi connectivity index (χ1v) is 4.86. The van der Waals surface area contributed by atoms with Crippen molar-refractivity contribution >= 4 is 11.3 Å². The summed E-state index contributed by atoms with van der Waals surface area (Å²) in [7, 11) is 3.73. The van der Waals surface area contributed by atoms with Gasteiger partial charge in [-0.2, -0.15) is 14.8 Å². The highest BCUT2D eigenvalue weighted by atomic mass is 16.1. The molecule has 0 saturated heterocycles. The molecule has 2 aromatic rings. The highest BCUT2D eigenvalue weighted by Crippen LogP contribution is 2.09. The van der Waals surface area contributed by atoms with Crippen LogP contribution in [-0.2, 0) is 0 Å². The fourth-order valence-corrected chi connectivity index (χ4v) is 1.33. The summed E-state index contributed by atoms with van der Waals surface area (Å²) in [5.41, 5.74) is 1.28. The SMILES string of the molecule is CN(C)C=CC(=O)c1cnn2ncccc12. The summed E-state index contributed by atoms with van der Waals surface area (Å²) in [5.74, 6) is -0.0725. The molecule has 0 aliphatic heterocycles. The first-order valence-electron chi connectivity index (χ1n) is 4.86. The van der Waals surface area contributed by atoms with Crippen LogP contribution in [0, 0.1) is 0 Å². The molecule has 82 valence electrons. The lowest BCUT2D eigenvalue weighted by atomic mass is 10.2. The number of aromatic nitrogens is 3. The number of fused-ring (bicyclic) bond motifs is 1. The van der Waals surface area contributed by atoms with E-state index < -0.39 is 0 Å². The second-order valence-corrected chi connectivity index (χ2v) is 3.60. The summed E-state index contributed by atoms with van der Waals surface area (Å²) in [4.78, 5) is 13.6. The Labute approximate surface area is 93.0 Å². The van der Waals surface area contributed by atoms with E-state index in [0.717, 1.165) is 5.52 Å². The van der Waals surface area contributed by atoms with E-state index in [9.17, 15) is 4.79 Å². The Morgan fingerprint density at radius 2 is 2.25 bits per heavy atom. The molecule has 0 aromatic carbocycles. The molecule has 5 nitrogen and oxygen atoms in total. The van der Waals surface area contributed by atoms with Crippen LogP contribution < -0.4 is 0 Å². The molecule has 0 N–H and O–H groups in total. The van der Waals surface area contributed by atoms with Crippen LogP contribution in [0.25, 0.3) is 5.52 Å². The predicted molar refractivity (Wildman–Crippen MR) is 60.1 cm³/mol. The zero-order chi connectivity index (χ0) is 11.5. The molecule has 0 atom stereocenters. The molecule has 2 aromatic heterocycles. The lowest BCUT2D eigenvalue weighted by molar-refractivity contribution is 0.104. The Morgan fingerprint density at radius 1 is 1.44 bits per heavy atom. The third-order valence-electron chi connectivity index (χ3n) is 2.09. The minimum absolute atomic E-state index is 0.0725. The van der Waals surface area contributed by atoms with Crippen LogP contribution in [0.5, 0.6) is 0 Å². The average molecular weight is 216 g/mol. The maximum Gasteiger partial charge on any atom is 0.191 e. The smallest absolute Gasteiger partial charge is 0.191 e. The third-order valence-corrected chi connectivity index (χ3v) is 2.09. The number of carbonyl (C=O) groups is 1. The quantitative estimate of drug-likeness (QED) is 0.567. The van der Waals surface area contributed by atoms with Gasteiger partial charge in [-0.05, 0) is 12.1 Å². The van der Waals surface area contributed by atoms with Crippen LogP contribution in [-0.4, -0.2) is 39.6 Å². The summed E-state index contributed by atoms with van der Waals surface area (Å²) in [6, 6.07) is 3.60. The number of hydrogen-bond acceptors (Lipinski definition) is 4. The lowest BCUT2D eigenvalue weighted by Gasteiger charge is -2.01. The van der Waals surface area contributed by atoms with Crippen molar-refractivity contribution in [2.45, 2.75) is 0 Å². The normalized spacial score (nSPS) is 11.1. The van der Waals surface area contributed by atoms with Gasteiger partial charge in [-0.15, -0.1) is 0 Å². The first kappa shape index (κ1) is 10.4. The largest absolute Gasteiger partial charge is 0.383 e. The van der Waals surface area contributed by atoms with Crippen molar-refractivity contribution in [2.75, 3.05) is 14.1 Å². The van der Waals surface area contributed by atoms with Crippen LogP contribution in [0.3, 0.4) is 0 Å². The van der Waals surface area contributed by atoms with Gasteiger partial charge in [0.05, 0.1) is 17.3 Å². The van der Waals surface area contributed by atoms with Crippen molar-refractivity contribution in [3.63, 3.8) is 0 Å². The number of rotatable bonds is 3. The zero-order valence-electron chi connectivity index (χ0n) is 9.16. The van der Waals surface area contributed by atoms with E-state index in [2.05, 4.69) is 10.2 Å². The van der Waals surface area contributed by atoms with E-state index >= 15 is 0 Å². The van der Waals surface area contributed by atoms with Crippen LogP contribution in [0.2, 0.25) is 0 Å². The van der Waals surface area contributed by atoms with E-state index in [1.807, 2.05) is 25.1 Å². The number of hydrogen-bond donors (Lipinski definition) is 0. The zero-order valence-corrected chi connectivity index (χ0v) is 9.16. The molecule has 0 saturated carbocycles. The van der Waals surface area contributed by atoms with E-state index in [-0.39, 0.29) is 5.78 Å². The standard InChI is InChI=1S/C11H12N4O/c1-14(2)7-5-11(16)9-8-13-15-10(9)4-3-6-12-15/h3-8H,1-2H3. The highest BCUT2D eigenvalue weighted by Gasteiger charge is 2.09. The molecule has 5 heteroatoms. The van der Waals surface area contributed by atoms with Gasteiger partial charge < -0.3 is 4.90 Å². The maximum atomic E-state index is 11.8.